The Bertz CT molecular complexity index is 203. The lowest BCUT2D eigenvalue weighted by Gasteiger charge is -1.88. The number of carbonyl (C=O) groups is 1. The SMILES string of the molecule is O=C(O)CCCC=CC1=CO1. The van der Waals surface area contributed by atoms with Gasteiger partial charge in [-0.05, 0) is 18.9 Å². The third-order valence-corrected chi connectivity index (χ3v) is 1.30. The van der Waals surface area contributed by atoms with E-state index in [1.54, 1.807) is 6.26 Å². The smallest absolute Gasteiger partial charge is 0.303 e. The molecule has 0 aliphatic carbocycles. The van der Waals surface area contributed by atoms with E-state index in [1.807, 2.05) is 12.2 Å². The lowest BCUT2D eigenvalue weighted by Crippen LogP contribution is -1.92. The van der Waals surface area contributed by atoms with Crippen LogP contribution in [0.15, 0.2) is 24.2 Å². The minimum Gasteiger partial charge on any atom is -0.481 e. The third kappa shape index (κ3) is 4.19. The summed E-state index contributed by atoms with van der Waals surface area (Å²) < 4.78 is 4.72. The van der Waals surface area contributed by atoms with Crippen LogP contribution < -0.4 is 0 Å². The van der Waals surface area contributed by atoms with Crippen LogP contribution in [0, 0.1) is 0 Å². The summed E-state index contributed by atoms with van der Waals surface area (Å²) in [4.78, 5) is 10.0. The predicted molar refractivity (Wildman–Crippen MR) is 39.8 cm³/mol. The van der Waals surface area contributed by atoms with Gasteiger partial charge in [0, 0.05) is 6.42 Å². The Kier molecular flexibility index (Phi) is 2.72. The quantitative estimate of drug-likeness (QED) is 0.613. The lowest BCUT2D eigenvalue weighted by atomic mass is 10.2. The molecule has 0 saturated carbocycles. The highest BCUT2D eigenvalue weighted by molar-refractivity contribution is 5.66. The Morgan fingerprint density at radius 2 is 2.45 bits per heavy atom. The zero-order chi connectivity index (χ0) is 8.10. The number of rotatable bonds is 5. The summed E-state index contributed by atoms with van der Waals surface area (Å²) in [5.41, 5.74) is 0. The topological polar surface area (TPSA) is 49.8 Å². The molecule has 3 nitrogen and oxygen atoms in total. The number of ether oxygens (including phenoxy) is 1. The van der Waals surface area contributed by atoms with Crippen molar-refractivity contribution in [1.82, 2.24) is 0 Å². The summed E-state index contributed by atoms with van der Waals surface area (Å²) in [6.45, 7) is 0. The molecule has 0 bridgehead atoms. The second kappa shape index (κ2) is 3.81. The van der Waals surface area contributed by atoms with Crippen molar-refractivity contribution in [2.24, 2.45) is 0 Å². The van der Waals surface area contributed by atoms with Crippen LogP contribution in [0.2, 0.25) is 0 Å². The van der Waals surface area contributed by atoms with Crippen LogP contribution in [-0.2, 0) is 9.53 Å². The van der Waals surface area contributed by atoms with E-state index >= 15 is 0 Å². The van der Waals surface area contributed by atoms with Crippen molar-refractivity contribution in [3.8, 4) is 0 Å². The standard InChI is InChI=1S/C8H10O3/c9-8(10)5-3-1-2-4-7-6-11-7/h2,4,6H,1,3,5H2,(H,9,10). The van der Waals surface area contributed by atoms with Crippen molar-refractivity contribution in [2.75, 3.05) is 0 Å². The highest BCUT2D eigenvalue weighted by atomic mass is 16.5. The van der Waals surface area contributed by atoms with E-state index in [2.05, 4.69) is 0 Å². The van der Waals surface area contributed by atoms with Gasteiger partial charge in [-0.2, -0.15) is 0 Å². The molecule has 0 aromatic heterocycles. The number of carboxylic acid groups (broad SMARTS) is 1. The van der Waals surface area contributed by atoms with Gasteiger partial charge in [0.2, 0.25) is 0 Å². The Hall–Kier alpha value is -1.25. The van der Waals surface area contributed by atoms with Crippen molar-refractivity contribution in [3.05, 3.63) is 24.2 Å². The molecule has 0 spiro atoms. The Labute approximate surface area is 65.0 Å². The Morgan fingerprint density at radius 1 is 1.73 bits per heavy atom. The summed E-state index contributed by atoms with van der Waals surface area (Å²) >= 11 is 0. The molecule has 1 rings (SSSR count). The average Bonchev–Trinajstić information content (AvgIpc) is 2.70. The summed E-state index contributed by atoms with van der Waals surface area (Å²) in [5, 5.41) is 8.27. The van der Waals surface area contributed by atoms with Gasteiger partial charge < -0.3 is 9.84 Å². The number of allylic oxidation sites excluding steroid dienone is 2. The molecule has 1 heterocycles. The Balaban J connectivity index is 1.94. The fraction of sp³-hybridized carbons (Fsp3) is 0.375. The van der Waals surface area contributed by atoms with Crippen LogP contribution in [0.5, 0.6) is 0 Å². The molecule has 1 aliphatic rings. The molecule has 1 N–H and O–H groups in total. The van der Waals surface area contributed by atoms with E-state index in [0.29, 0.717) is 6.42 Å². The predicted octanol–water partition coefficient (Wildman–Crippen LogP) is 1.67. The second-order valence-corrected chi connectivity index (χ2v) is 2.33. The van der Waals surface area contributed by atoms with Crippen LogP contribution in [0.4, 0.5) is 0 Å². The molecule has 0 saturated heterocycles. The van der Waals surface area contributed by atoms with Crippen molar-refractivity contribution in [3.63, 3.8) is 0 Å². The second-order valence-electron chi connectivity index (χ2n) is 2.33. The maximum Gasteiger partial charge on any atom is 0.303 e. The fourth-order valence-corrected chi connectivity index (χ4v) is 0.683. The van der Waals surface area contributed by atoms with Gasteiger partial charge in [0.1, 0.15) is 6.26 Å². The van der Waals surface area contributed by atoms with E-state index in [-0.39, 0.29) is 6.42 Å². The van der Waals surface area contributed by atoms with E-state index in [1.165, 1.54) is 0 Å². The Morgan fingerprint density at radius 3 is 3.00 bits per heavy atom. The molecule has 0 aromatic carbocycles. The highest BCUT2D eigenvalue weighted by Crippen LogP contribution is 2.14. The van der Waals surface area contributed by atoms with E-state index in [9.17, 15) is 4.79 Å². The zero-order valence-corrected chi connectivity index (χ0v) is 6.12. The van der Waals surface area contributed by atoms with Gasteiger partial charge in [0.05, 0.1) is 0 Å². The molecule has 11 heavy (non-hydrogen) atoms. The zero-order valence-electron chi connectivity index (χ0n) is 6.12. The molecular formula is C8H10O3. The molecule has 3 heteroatoms. The van der Waals surface area contributed by atoms with Crippen molar-refractivity contribution in [2.45, 2.75) is 19.3 Å². The molecule has 0 amide bonds. The van der Waals surface area contributed by atoms with Crippen LogP contribution in [0.25, 0.3) is 0 Å². The molecule has 0 atom stereocenters. The number of unbranched alkanes of at least 4 members (excludes halogenated alkanes) is 1. The molecule has 0 fully saturated rings. The monoisotopic (exact) mass is 154 g/mol. The molecule has 1 aliphatic heterocycles. The maximum absolute atomic E-state index is 10.0. The van der Waals surface area contributed by atoms with E-state index in [0.717, 1.165) is 12.2 Å². The first-order chi connectivity index (χ1) is 5.29. The largest absolute Gasteiger partial charge is 0.481 e. The molecule has 0 radical (unpaired) electrons. The van der Waals surface area contributed by atoms with Gasteiger partial charge >= 0.3 is 5.97 Å². The van der Waals surface area contributed by atoms with Crippen molar-refractivity contribution < 1.29 is 14.6 Å². The third-order valence-electron chi connectivity index (χ3n) is 1.30. The fourth-order valence-electron chi connectivity index (χ4n) is 0.683. The van der Waals surface area contributed by atoms with Crippen molar-refractivity contribution >= 4 is 5.97 Å². The number of carboxylic acids is 1. The highest BCUT2D eigenvalue weighted by Gasteiger charge is 2.02. The molecular weight excluding hydrogens is 144 g/mol. The molecule has 60 valence electrons. The minimum atomic E-state index is -0.736. The molecule has 0 aromatic rings. The normalized spacial score (nSPS) is 14.4. The van der Waals surface area contributed by atoms with Gasteiger partial charge in [-0.15, -0.1) is 0 Å². The van der Waals surface area contributed by atoms with E-state index < -0.39 is 5.97 Å². The van der Waals surface area contributed by atoms with Gasteiger partial charge in [-0.1, -0.05) is 6.08 Å². The number of aliphatic carboxylic acids is 1. The summed E-state index contributed by atoms with van der Waals surface area (Å²) in [6.07, 6.45) is 7.15. The van der Waals surface area contributed by atoms with Crippen LogP contribution in [0.1, 0.15) is 19.3 Å². The summed E-state index contributed by atoms with van der Waals surface area (Å²) in [5.74, 6) is 0.139. The van der Waals surface area contributed by atoms with Gasteiger partial charge in [-0.25, -0.2) is 0 Å². The lowest BCUT2D eigenvalue weighted by molar-refractivity contribution is -0.137. The first-order valence-corrected chi connectivity index (χ1v) is 3.54. The average molecular weight is 154 g/mol. The minimum absolute atomic E-state index is 0.240. The first kappa shape index (κ1) is 7.85. The van der Waals surface area contributed by atoms with E-state index in [4.69, 9.17) is 9.84 Å². The van der Waals surface area contributed by atoms with Crippen LogP contribution >= 0.6 is 0 Å². The summed E-state index contributed by atoms with van der Waals surface area (Å²) in [7, 11) is 0. The summed E-state index contributed by atoms with van der Waals surface area (Å²) in [6, 6.07) is 0. The van der Waals surface area contributed by atoms with Crippen LogP contribution in [-0.4, -0.2) is 11.1 Å². The van der Waals surface area contributed by atoms with Crippen molar-refractivity contribution in [1.29, 1.82) is 0 Å². The van der Waals surface area contributed by atoms with Gasteiger partial charge in [0.15, 0.2) is 5.76 Å². The van der Waals surface area contributed by atoms with Gasteiger partial charge in [-0.3, -0.25) is 4.79 Å². The maximum atomic E-state index is 10.0. The van der Waals surface area contributed by atoms with Gasteiger partial charge in [0.25, 0.3) is 0 Å². The number of hydrogen-bond donors (Lipinski definition) is 1. The molecule has 0 unspecified atom stereocenters. The number of hydrogen-bond acceptors (Lipinski definition) is 2. The van der Waals surface area contributed by atoms with Crippen LogP contribution in [0.3, 0.4) is 0 Å². The first-order valence-electron chi connectivity index (χ1n) is 3.54.